The van der Waals surface area contributed by atoms with Gasteiger partial charge in [-0.2, -0.15) is 0 Å². The molecule has 3 N–H and O–H groups in total. The molecule has 0 aromatic heterocycles. The number of benzene rings is 2. The molecular weight excluding hydrogens is 380 g/mol. The standard InChI is InChI=1S/C20H25BrN2O2/c1-12-8-13(2)20(14(3)9-12)23-19(24)11-22-15(4)16-6-7-18(25-5)17(21)10-16/h6-10,15,22H,11H2,1-5H3,(H,23,24)/p+1/t15-/m0/s1. The Morgan fingerprint density at radius 3 is 2.40 bits per heavy atom. The number of nitrogens with two attached hydrogens (primary N) is 1. The van der Waals surface area contributed by atoms with Crippen molar-refractivity contribution in [2.24, 2.45) is 0 Å². The van der Waals surface area contributed by atoms with E-state index in [-0.39, 0.29) is 11.9 Å². The molecule has 0 spiro atoms. The van der Waals surface area contributed by atoms with Crippen LogP contribution in [0, 0.1) is 20.8 Å². The minimum Gasteiger partial charge on any atom is -0.496 e. The van der Waals surface area contributed by atoms with Crippen molar-refractivity contribution < 1.29 is 14.8 Å². The summed E-state index contributed by atoms with van der Waals surface area (Å²) >= 11 is 3.50. The second kappa shape index (κ2) is 8.50. The van der Waals surface area contributed by atoms with E-state index < -0.39 is 0 Å². The van der Waals surface area contributed by atoms with Crippen LogP contribution in [0.5, 0.6) is 5.75 Å². The SMILES string of the molecule is COc1ccc([C@H](C)[NH2+]CC(=O)Nc2c(C)cc(C)cc2C)cc1Br. The Bertz CT molecular complexity index is 751. The fraction of sp³-hybridized carbons (Fsp3) is 0.350. The molecule has 2 rings (SSSR count). The van der Waals surface area contributed by atoms with Crippen LogP contribution in [0.25, 0.3) is 0 Å². The lowest BCUT2D eigenvalue weighted by Crippen LogP contribution is -2.86. The third kappa shape index (κ3) is 5.06. The summed E-state index contributed by atoms with van der Waals surface area (Å²) in [4.78, 5) is 12.3. The van der Waals surface area contributed by atoms with Gasteiger partial charge in [-0.25, -0.2) is 0 Å². The highest BCUT2D eigenvalue weighted by Gasteiger charge is 2.14. The number of carbonyl (C=O) groups is 1. The highest BCUT2D eigenvalue weighted by molar-refractivity contribution is 9.10. The molecule has 0 bridgehead atoms. The van der Waals surface area contributed by atoms with Crippen LogP contribution < -0.4 is 15.4 Å². The first kappa shape index (κ1) is 19.5. The van der Waals surface area contributed by atoms with Gasteiger partial charge in [0.15, 0.2) is 6.54 Å². The zero-order valence-corrected chi connectivity index (χ0v) is 17.0. The summed E-state index contributed by atoms with van der Waals surface area (Å²) in [5, 5.41) is 5.07. The number of aryl methyl sites for hydroxylation is 3. The van der Waals surface area contributed by atoms with Gasteiger partial charge >= 0.3 is 0 Å². The normalized spacial score (nSPS) is 11.9. The third-order valence-corrected chi connectivity index (χ3v) is 4.92. The Balaban J connectivity index is 1.97. The maximum Gasteiger partial charge on any atom is 0.279 e. The van der Waals surface area contributed by atoms with E-state index in [2.05, 4.69) is 47.2 Å². The van der Waals surface area contributed by atoms with Crippen molar-refractivity contribution >= 4 is 27.5 Å². The predicted octanol–water partition coefficient (Wildman–Crippen LogP) is 3.65. The molecule has 1 amide bonds. The van der Waals surface area contributed by atoms with Crippen LogP contribution >= 0.6 is 15.9 Å². The molecule has 2 aromatic carbocycles. The van der Waals surface area contributed by atoms with Crippen LogP contribution in [-0.2, 0) is 4.79 Å². The van der Waals surface area contributed by atoms with Gasteiger partial charge < -0.3 is 15.4 Å². The summed E-state index contributed by atoms with van der Waals surface area (Å²) in [7, 11) is 1.65. The Labute approximate surface area is 158 Å². The first-order valence-electron chi connectivity index (χ1n) is 8.36. The van der Waals surface area contributed by atoms with Crippen molar-refractivity contribution in [3.63, 3.8) is 0 Å². The van der Waals surface area contributed by atoms with Crippen molar-refractivity contribution in [3.05, 3.63) is 57.1 Å². The summed E-state index contributed by atoms with van der Waals surface area (Å²) in [6.07, 6.45) is 0. The number of halogens is 1. The number of ether oxygens (including phenoxy) is 1. The molecule has 5 heteroatoms. The molecule has 134 valence electrons. The van der Waals surface area contributed by atoms with Gasteiger partial charge in [0.05, 0.1) is 11.6 Å². The van der Waals surface area contributed by atoms with Crippen molar-refractivity contribution in [2.45, 2.75) is 33.7 Å². The van der Waals surface area contributed by atoms with E-state index in [1.54, 1.807) is 7.11 Å². The number of quaternary nitrogens is 1. The number of anilines is 1. The Kier molecular flexibility index (Phi) is 6.62. The monoisotopic (exact) mass is 405 g/mol. The lowest BCUT2D eigenvalue weighted by atomic mass is 10.1. The van der Waals surface area contributed by atoms with Crippen LogP contribution in [0.3, 0.4) is 0 Å². The van der Waals surface area contributed by atoms with E-state index in [0.717, 1.165) is 32.6 Å². The molecule has 0 aliphatic heterocycles. The molecule has 25 heavy (non-hydrogen) atoms. The summed E-state index contributed by atoms with van der Waals surface area (Å²) in [5.74, 6) is 0.813. The molecule has 0 heterocycles. The lowest BCUT2D eigenvalue weighted by molar-refractivity contribution is -0.682. The van der Waals surface area contributed by atoms with Gasteiger partial charge in [0, 0.05) is 11.3 Å². The third-order valence-electron chi connectivity index (χ3n) is 4.30. The van der Waals surface area contributed by atoms with Gasteiger partial charge in [0.25, 0.3) is 5.91 Å². The van der Waals surface area contributed by atoms with Crippen molar-refractivity contribution in [3.8, 4) is 5.75 Å². The number of methoxy groups -OCH3 is 1. The fourth-order valence-electron chi connectivity index (χ4n) is 2.95. The van der Waals surface area contributed by atoms with E-state index >= 15 is 0 Å². The predicted molar refractivity (Wildman–Crippen MR) is 105 cm³/mol. The zero-order valence-electron chi connectivity index (χ0n) is 15.4. The van der Waals surface area contributed by atoms with Crippen molar-refractivity contribution in [1.82, 2.24) is 0 Å². The second-order valence-corrected chi connectivity index (χ2v) is 7.30. The molecular formula is C20H26BrN2O2+. The molecule has 1 atom stereocenters. The van der Waals surface area contributed by atoms with E-state index in [0.29, 0.717) is 6.54 Å². The van der Waals surface area contributed by atoms with Crippen molar-refractivity contribution in [2.75, 3.05) is 19.0 Å². The van der Waals surface area contributed by atoms with Gasteiger partial charge in [-0.1, -0.05) is 17.7 Å². The van der Waals surface area contributed by atoms with E-state index in [4.69, 9.17) is 4.74 Å². The summed E-state index contributed by atoms with van der Waals surface area (Å²) in [6.45, 7) is 8.57. The Morgan fingerprint density at radius 1 is 1.20 bits per heavy atom. The van der Waals surface area contributed by atoms with E-state index in [9.17, 15) is 4.79 Å². The number of carbonyl (C=O) groups excluding carboxylic acids is 1. The second-order valence-electron chi connectivity index (χ2n) is 6.44. The number of hydrogen-bond donors (Lipinski definition) is 2. The zero-order chi connectivity index (χ0) is 18.6. The maximum absolute atomic E-state index is 12.3. The largest absolute Gasteiger partial charge is 0.496 e. The molecule has 0 unspecified atom stereocenters. The smallest absolute Gasteiger partial charge is 0.279 e. The molecule has 0 aliphatic rings. The minimum absolute atomic E-state index is 0.00878. The topological polar surface area (TPSA) is 54.9 Å². The van der Waals surface area contributed by atoms with Crippen LogP contribution in [0.1, 0.15) is 35.2 Å². The fourth-order valence-corrected chi connectivity index (χ4v) is 3.51. The average Bonchev–Trinajstić information content (AvgIpc) is 2.55. The maximum atomic E-state index is 12.3. The summed E-state index contributed by atoms with van der Waals surface area (Å²) in [6, 6.07) is 10.3. The van der Waals surface area contributed by atoms with Crippen LogP contribution in [0.4, 0.5) is 5.69 Å². The van der Waals surface area contributed by atoms with Crippen LogP contribution in [0.2, 0.25) is 0 Å². The number of hydrogen-bond acceptors (Lipinski definition) is 2. The highest BCUT2D eigenvalue weighted by Crippen LogP contribution is 2.27. The molecule has 4 nitrogen and oxygen atoms in total. The number of amides is 1. The highest BCUT2D eigenvalue weighted by atomic mass is 79.9. The lowest BCUT2D eigenvalue weighted by Gasteiger charge is -2.15. The molecule has 0 fully saturated rings. The van der Waals surface area contributed by atoms with Crippen LogP contribution in [0.15, 0.2) is 34.8 Å². The summed E-state index contributed by atoms with van der Waals surface area (Å²) in [5.41, 5.74) is 5.46. The van der Waals surface area contributed by atoms with Crippen LogP contribution in [-0.4, -0.2) is 19.6 Å². The molecule has 0 aliphatic carbocycles. The van der Waals surface area contributed by atoms with Gasteiger partial charge in [0.2, 0.25) is 0 Å². The molecule has 0 radical (unpaired) electrons. The van der Waals surface area contributed by atoms with Crippen molar-refractivity contribution in [1.29, 1.82) is 0 Å². The minimum atomic E-state index is 0.00878. The Morgan fingerprint density at radius 2 is 1.84 bits per heavy atom. The van der Waals surface area contributed by atoms with Gasteiger partial charge in [-0.3, -0.25) is 4.79 Å². The molecule has 2 aromatic rings. The number of rotatable bonds is 6. The van der Waals surface area contributed by atoms with E-state index in [1.165, 1.54) is 5.56 Å². The van der Waals surface area contributed by atoms with Gasteiger partial charge in [-0.05, 0) is 73.0 Å². The van der Waals surface area contributed by atoms with E-state index in [1.807, 2.05) is 37.4 Å². The van der Waals surface area contributed by atoms with Gasteiger partial charge in [-0.15, -0.1) is 0 Å². The first-order chi connectivity index (χ1) is 11.8. The molecule has 0 saturated heterocycles. The Hall–Kier alpha value is -1.85. The average molecular weight is 406 g/mol. The first-order valence-corrected chi connectivity index (χ1v) is 9.15. The summed E-state index contributed by atoms with van der Waals surface area (Å²) < 4.78 is 6.17. The van der Waals surface area contributed by atoms with Gasteiger partial charge in [0.1, 0.15) is 11.8 Å². The molecule has 0 saturated carbocycles. The quantitative estimate of drug-likeness (QED) is 0.770. The number of nitrogens with one attached hydrogen (secondary N) is 1.